The van der Waals surface area contributed by atoms with Gasteiger partial charge in [0.1, 0.15) is 6.54 Å². The molecule has 1 saturated carbocycles. The Morgan fingerprint density at radius 1 is 0.947 bits per heavy atom. The van der Waals surface area contributed by atoms with Gasteiger partial charge in [-0.25, -0.2) is 0 Å². The van der Waals surface area contributed by atoms with Crippen LogP contribution in [-0.4, -0.2) is 71.3 Å². The molecule has 0 radical (unpaired) electrons. The van der Waals surface area contributed by atoms with Crippen LogP contribution in [0.3, 0.4) is 0 Å². The van der Waals surface area contributed by atoms with Crippen molar-refractivity contribution in [1.82, 2.24) is 20.0 Å². The van der Waals surface area contributed by atoms with Crippen molar-refractivity contribution in [3.63, 3.8) is 0 Å². The highest BCUT2D eigenvalue weighted by Gasteiger charge is 2.35. The van der Waals surface area contributed by atoms with E-state index in [0.717, 1.165) is 35.5 Å². The number of hydrogen-bond acceptors (Lipinski definition) is 7. The van der Waals surface area contributed by atoms with Crippen molar-refractivity contribution >= 4 is 29.2 Å². The zero-order valence-electron chi connectivity index (χ0n) is 20.9. The summed E-state index contributed by atoms with van der Waals surface area (Å²) in [6, 6.07) is 17.1. The van der Waals surface area contributed by atoms with E-state index in [-0.39, 0.29) is 31.1 Å². The Morgan fingerprint density at radius 3 is 2.47 bits per heavy atom. The molecular formula is C28H28ClN5O4. The maximum Gasteiger partial charge on any atom is 0.242 e. The first-order valence-corrected chi connectivity index (χ1v) is 13.2. The molecule has 9 nitrogen and oxygen atoms in total. The van der Waals surface area contributed by atoms with Gasteiger partial charge in [-0.2, -0.15) is 0 Å². The molecule has 10 heteroatoms. The van der Waals surface area contributed by atoms with Gasteiger partial charge in [-0.05, 0) is 48.7 Å². The lowest BCUT2D eigenvalue weighted by molar-refractivity contribution is -0.142. The predicted molar refractivity (Wildman–Crippen MR) is 142 cm³/mol. The number of fused-ring (bicyclic) bond motifs is 1. The first kappa shape index (κ1) is 24.5. The second kappa shape index (κ2) is 10.5. The van der Waals surface area contributed by atoms with Crippen LogP contribution in [0.5, 0.6) is 11.5 Å². The molecule has 3 aromatic rings. The summed E-state index contributed by atoms with van der Waals surface area (Å²) in [4.78, 5) is 31.9. The molecule has 1 aliphatic carbocycles. The Bertz CT molecular complexity index is 1340. The van der Waals surface area contributed by atoms with Crippen LogP contribution in [-0.2, 0) is 16.1 Å². The second-order valence-electron chi connectivity index (χ2n) is 9.78. The van der Waals surface area contributed by atoms with E-state index >= 15 is 0 Å². The molecule has 2 amide bonds. The van der Waals surface area contributed by atoms with Crippen LogP contribution in [0.1, 0.15) is 18.4 Å². The van der Waals surface area contributed by atoms with Gasteiger partial charge in [0.2, 0.25) is 18.6 Å². The van der Waals surface area contributed by atoms with Crippen molar-refractivity contribution in [3.05, 3.63) is 65.2 Å². The van der Waals surface area contributed by atoms with Crippen LogP contribution >= 0.6 is 11.6 Å². The summed E-state index contributed by atoms with van der Waals surface area (Å²) < 4.78 is 10.9. The van der Waals surface area contributed by atoms with Crippen molar-refractivity contribution in [3.8, 4) is 22.8 Å². The van der Waals surface area contributed by atoms with Crippen LogP contribution in [0.2, 0.25) is 5.02 Å². The highest BCUT2D eigenvalue weighted by Crippen LogP contribution is 2.34. The first-order chi connectivity index (χ1) is 18.5. The van der Waals surface area contributed by atoms with Gasteiger partial charge in [-0.15, -0.1) is 10.2 Å². The fourth-order valence-corrected chi connectivity index (χ4v) is 5.05. The van der Waals surface area contributed by atoms with E-state index in [4.69, 9.17) is 21.1 Å². The lowest BCUT2D eigenvalue weighted by atomic mass is 10.1. The quantitative estimate of drug-likeness (QED) is 0.458. The SMILES string of the molecule is O=C(CN(Cc1ccc2c(c1)OCO2)C(=O)C1CC1)N1CCN(c2ccc(-c3ccccc3Cl)nn2)CC1. The lowest BCUT2D eigenvalue weighted by Gasteiger charge is -2.36. The van der Waals surface area contributed by atoms with E-state index in [9.17, 15) is 9.59 Å². The van der Waals surface area contributed by atoms with E-state index in [2.05, 4.69) is 15.1 Å². The summed E-state index contributed by atoms with van der Waals surface area (Å²) in [5, 5.41) is 9.40. The van der Waals surface area contributed by atoms with Crippen LogP contribution in [0.15, 0.2) is 54.6 Å². The Balaban J connectivity index is 1.07. The number of amides is 2. The van der Waals surface area contributed by atoms with Crippen LogP contribution < -0.4 is 14.4 Å². The smallest absolute Gasteiger partial charge is 0.242 e. The van der Waals surface area contributed by atoms with Crippen molar-refractivity contribution in [2.24, 2.45) is 5.92 Å². The third kappa shape index (κ3) is 5.24. The average Bonchev–Trinajstić information content (AvgIpc) is 3.70. The van der Waals surface area contributed by atoms with Gasteiger partial charge in [-0.3, -0.25) is 9.59 Å². The molecule has 1 aromatic heterocycles. The number of rotatable bonds is 7. The van der Waals surface area contributed by atoms with E-state index in [1.807, 2.05) is 59.5 Å². The van der Waals surface area contributed by atoms with Crippen molar-refractivity contribution < 1.29 is 19.1 Å². The Morgan fingerprint density at radius 2 is 1.74 bits per heavy atom. The number of benzene rings is 2. The van der Waals surface area contributed by atoms with Crippen LogP contribution in [0, 0.1) is 5.92 Å². The zero-order chi connectivity index (χ0) is 26.1. The van der Waals surface area contributed by atoms with Crippen molar-refractivity contribution in [2.45, 2.75) is 19.4 Å². The molecule has 196 valence electrons. The fraction of sp³-hybridized carbons (Fsp3) is 0.357. The van der Waals surface area contributed by atoms with Gasteiger partial charge in [-0.1, -0.05) is 35.9 Å². The summed E-state index contributed by atoms with van der Waals surface area (Å²) in [6.07, 6.45) is 1.78. The van der Waals surface area contributed by atoms with Crippen LogP contribution in [0.4, 0.5) is 5.82 Å². The summed E-state index contributed by atoms with van der Waals surface area (Å²) in [5.41, 5.74) is 2.48. The number of halogens is 1. The monoisotopic (exact) mass is 533 g/mol. The van der Waals surface area contributed by atoms with Gasteiger partial charge < -0.3 is 24.2 Å². The van der Waals surface area contributed by atoms with E-state index < -0.39 is 0 Å². The molecule has 3 heterocycles. The standard InChI is InChI=1S/C28H28ClN5O4/c29-22-4-2-1-3-21(22)23-8-10-26(31-30-23)32-11-13-33(14-12-32)27(35)17-34(28(36)20-6-7-20)16-19-5-9-24-25(15-19)38-18-37-24/h1-5,8-10,15,20H,6-7,11-14,16-18H2. The predicted octanol–water partition coefficient (Wildman–Crippen LogP) is 3.61. The van der Waals surface area contributed by atoms with Crippen molar-refractivity contribution in [1.29, 1.82) is 0 Å². The number of ether oxygens (including phenoxy) is 2. The lowest BCUT2D eigenvalue weighted by Crippen LogP contribution is -2.52. The molecular weight excluding hydrogens is 506 g/mol. The number of hydrogen-bond donors (Lipinski definition) is 0. The normalized spacial score (nSPS) is 16.4. The molecule has 1 saturated heterocycles. The summed E-state index contributed by atoms with van der Waals surface area (Å²) in [6.45, 7) is 3.03. The Hall–Kier alpha value is -3.85. The van der Waals surface area contributed by atoms with Gasteiger partial charge in [0, 0.05) is 44.2 Å². The molecule has 2 aromatic carbocycles. The van der Waals surface area contributed by atoms with E-state index in [1.165, 1.54) is 0 Å². The molecule has 2 fully saturated rings. The molecule has 3 aliphatic rings. The third-order valence-electron chi connectivity index (χ3n) is 7.13. The average molecular weight is 534 g/mol. The number of carbonyl (C=O) groups is 2. The topological polar surface area (TPSA) is 88.1 Å². The largest absolute Gasteiger partial charge is 0.454 e. The first-order valence-electron chi connectivity index (χ1n) is 12.8. The zero-order valence-corrected chi connectivity index (χ0v) is 21.6. The molecule has 0 spiro atoms. The number of nitrogens with zero attached hydrogens (tertiary/aromatic N) is 5. The highest BCUT2D eigenvalue weighted by atomic mass is 35.5. The molecule has 38 heavy (non-hydrogen) atoms. The summed E-state index contributed by atoms with van der Waals surface area (Å²) in [7, 11) is 0. The van der Waals surface area contributed by atoms with Gasteiger partial charge in [0.05, 0.1) is 10.7 Å². The summed E-state index contributed by atoms with van der Waals surface area (Å²) in [5.74, 6) is 2.17. The third-order valence-corrected chi connectivity index (χ3v) is 7.46. The van der Waals surface area contributed by atoms with Crippen LogP contribution in [0.25, 0.3) is 11.3 Å². The van der Waals surface area contributed by atoms with Gasteiger partial charge >= 0.3 is 0 Å². The Kier molecular flexibility index (Phi) is 6.76. The number of carbonyl (C=O) groups excluding carboxylic acids is 2. The van der Waals surface area contributed by atoms with E-state index in [1.54, 1.807) is 4.90 Å². The number of aromatic nitrogens is 2. The molecule has 0 unspecified atom stereocenters. The van der Waals surface area contributed by atoms with Gasteiger partial charge in [0.25, 0.3) is 0 Å². The molecule has 0 bridgehead atoms. The minimum atomic E-state index is -0.0421. The second-order valence-corrected chi connectivity index (χ2v) is 10.2. The maximum atomic E-state index is 13.2. The molecule has 0 N–H and O–H groups in total. The molecule has 2 aliphatic heterocycles. The number of piperazine rings is 1. The molecule has 0 atom stereocenters. The van der Waals surface area contributed by atoms with Crippen molar-refractivity contribution in [2.75, 3.05) is 44.4 Å². The minimum Gasteiger partial charge on any atom is -0.454 e. The number of anilines is 1. The fourth-order valence-electron chi connectivity index (χ4n) is 4.81. The minimum absolute atomic E-state index is 0.0287. The molecule has 6 rings (SSSR count). The van der Waals surface area contributed by atoms with E-state index in [0.29, 0.717) is 49.2 Å². The highest BCUT2D eigenvalue weighted by molar-refractivity contribution is 6.33. The summed E-state index contributed by atoms with van der Waals surface area (Å²) >= 11 is 6.29. The Labute approximate surface area is 225 Å². The maximum absolute atomic E-state index is 13.2. The van der Waals surface area contributed by atoms with Gasteiger partial charge in [0.15, 0.2) is 17.3 Å².